The molecule has 1 aromatic rings. The van der Waals surface area contributed by atoms with Gasteiger partial charge < -0.3 is 10.1 Å². The SMILES string of the molecule is CN[C@H](C=O)Cc1ccc(Br)s1. The molecular weight excluding hydrogens is 238 g/mol. The summed E-state index contributed by atoms with van der Waals surface area (Å²) in [6.45, 7) is 0. The fourth-order valence-electron chi connectivity index (χ4n) is 0.896. The van der Waals surface area contributed by atoms with Gasteiger partial charge in [-0.05, 0) is 35.1 Å². The summed E-state index contributed by atoms with van der Waals surface area (Å²) in [5, 5.41) is 2.93. The fourth-order valence-corrected chi connectivity index (χ4v) is 2.44. The minimum absolute atomic E-state index is 0.0597. The summed E-state index contributed by atoms with van der Waals surface area (Å²) in [5.41, 5.74) is 0. The molecule has 0 bridgehead atoms. The maximum Gasteiger partial charge on any atom is 0.137 e. The van der Waals surface area contributed by atoms with E-state index in [4.69, 9.17) is 0 Å². The smallest absolute Gasteiger partial charge is 0.137 e. The van der Waals surface area contributed by atoms with Crippen LogP contribution in [0, 0.1) is 0 Å². The van der Waals surface area contributed by atoms with Crippen LogP contribution in [-0.4, -0.2) is 19.4 Å². The minimum Gasteiger partial charge on any atom is -0.310 e. The Morgan fingerprint density at radius 3 is 2.92 bits per heavy atom. The van der Waals surface area contributed by atoms with Gasteiger partial charge in [0.05, 0.1) is 9.83 Å². The van der Waals surface area contributed by atoms with Crippen LogP contribution < -0.4 is 5.32 Å². The molecule has 0 unspecified atom stereocenters. The lowest BCUT2D eigenvalue weighted by atomic mass is 10.2. The van der Waals surface area contributed by atoms with E-state index < -0.39 is 0 Å². The molecule has 1 N–H and O–H groups in total. The lowest BCUT2D eigenvalue weighted by molar-refractivity contribution is -0.109. The van der Waals surface area contributed by atoms with E-state index in [0.717, 1.165) is 16.5 Å². The van der Waals surface area contributed by atoms with Crippen LogP contribution in [0.2, 0.25) is 0 Å². The molecule has 2 nitrogen and oxygen atoms in total. The summed E-state index contributed by atoms with van der Waals surface area (Å²) in [4.78, 5) is 11.7. The van der Waals surface area contributed by atoms with Gasteiger partial charge in [0, 0.05) is 11.3 Å². The summed E-state index contributed by atoms with van der Waals surface area (Å²) in [6, 6.07) is 3.97. The van der Waals surface area contributed by atoms with Crippen molar-refractivity contribution in [3.05, 3.63) is 20.8 Å². The van der Waals surface area contributed by atoms with Gasteiger partial charge in [-0.3, -0.25) is 0 Å². The van der Waals surface area contributed by atoms with Crippen LogP contribution in [0.1, 0.15) is 4.88 Å². The Bertz CT molecular complexity index is 261. The molecule has 0 aliphatic rings. The molecule has 1 rings (SSSR count). The number of nitrogens with one attached hydrogen (secondary N) is 1. The molecule has 1 heterocycles. The van der Waals surface area contributed by atoms with E-state index in [1.165, 1.54) is 4.88 Å². The zero-order valence-electron chi connectivity index (χ0n) is 6.71. The molecule has 0 aliphatic heterocycles. The van der Waals surface area contributed by atoms with E-state index >= 15 is 0 Å². The van der Waals surface area contributed by atoms with Crippen molar-refractivity contribution in [1.29, 1.82) is 0 Å². The van der Waals surface area contributed by atoms with Crippen LogP contribution in [-0.2, 0) is 11.2 Å². The lowest BCUT2D eigenvalue weighted by Gasteiger charge is -2.05. The summed E-state index contributed by atoms with van der Waals surface area (Å²) in [7, 11) is 1.79. The van der Waals surface area contributed by atoms with Crippen LogP contribution in [0.15, 0.2) is 15.9 Å². The second-order valence-corrected chi connectivity index (χ2v) is 4.99. The van der Waals surface area contributed by atoms with Gasteiger partial charge in [0.15, 0.2) is 0 Å². The summed E-state index contributed by atoms with van der Waals surface area (Å²) in [5.74, 6) is 0. The van der Waals surface area contributed by atoms with Crippen molar-refractivity contribution in [2.24, 2.45) is 0 Å². The molecule has 0 aromatic carbocycles. The highest BCUT2D eigenvalue weighted by Gasteiger charge is 2.06. The van der Waals surface area contributed by atoms with Crippen molar-refractivity contribution in [2.45, 2.75) is 12.5 Å². The quantitative estimate of drug-likeness (QED) is 0.824. The van der Waals surface area contributed by atoms with Crippen molar-refractivity contribution < 1.29 is 4.79 Å². The first-order valence-electron chi connectivity index (χ1n) is 3.63. The number of rotatable bonds is 4. The molecule has 1 aromatic heterocycles. The molecule has 0 radical (unpaired) electrons. The zero-order valence-corrected chi connectivity index (χ0v) is 9.11. The first-order chi connectivity index (χ1) is 5.76. The van der Waals surface area contributed by atoms with E-state index in [1.54, 1.807) is 18.4 Å². The molecule has 0 saturated carbocycles. The van der Waals surface area contributed by atoms with Gasteiger partial charge in [-0.1, -0.05) is 0 Å². The Morgan fingerprint density at radius 1 is 1.75 bits per heavy atom. The molecule has 0 amide bonds. The topological polar surface area (TPSA) is 29.1 Å². The Kier molecular flexibility index (Phi) is 3.91. The molecule has 0 fully saturated rings. The Hall–Kier alpha value is -0.190. The first-order valence-corrected chi connectivity index (χ1v) is 5.24. The van der Waals surface area contributed by atoms with Gasteiger partial charge >= 0.3 is 0 Å². The van der Waals surface area contributed by atoms with Crippen molar-refractivity contribution >= 4 is 33.6 Å². The summed E-state index contributed by atoms with van der Waals surface area (Å²) >= 11 is 5.04. The molecule has 1 atom stereocenters. The molecule has 12 heavy (non-hydrogen) atoms. The second-order valence-electron chi connectivity index (χ2n) is 2.44. The van der Waals surface area contributed by atoms with E-state index in [-0.39, 0.29) is 6.04 Å². The highest BCUT2D eigenvalue weighted by Crippen LogP contribution is 2.22. The molecule has 0 saturated heterocycles. The van der Waals surface area contributed by atoms with Crippen molar-refractivity contribution in [3.63, 3.8) is 0 Å². The second kappa shape index (κ2) is 4.74. The van der Waals surface area contributed by atoms with E-state index in [9.17, 15) is 4.79 Å². The molecule has 66 valence electrons. The standard InChI is InChI=1S/C8H10BrNOS/c1-10-6(5-11)4-7-2-3-8(9)12-7/h2-3,5-6,10H,4H2,1H3/t6-/m0/s1. The highest BCUT2D eigenvalue weighted by molar-refractivity contribution is 9.11. The first kappa shape index (κ1) is 9.89. The number of halogens is 1. The van der Waals surface area contributed by atoms with Gasteiger partial charge in [-0.2, -0.15) is 0 Å². The van der Waals surface area contributed by atoms with Crippen molar-refractivity contribution in [2.75, 3.05) is 7.05 Å². The summed E-state index contributed by atoms with van der Waals surface area (Å²) in [6.07, 6.45) is 1.71. The fraction of sp³-hybridized carbons (Fsp3) is 0.375. The molecule has 0 aliphatic carbocycles. The third-order valence-corrected chi connectivity index (χ3v) is 3.23. The maximum atomic E-state index is 10.5. The van der Waals surface area contributed by atoms with E-state index in [2.05, 4.69) is 21.2 Å². The molecule has 4 heteroatoms. The van der Waals surface area contributed by atoms with Crippen molar-refractivity contribution in [1.82, 2.24) is 5.32 Å². The third-order valence-electron chi connectivity index (χ3n) is 1.59. The Labute approximate surface area is 84.1 Å². The number of thiophene rings is 1. The number of hydrogen-bond acceptors (Lipinski definition) is 3. The maximum absolute atomic E-state index is 10.5. The van der Waals surface area contributed by atoms with Crippen LogP contribution in [0.5, 0.6) is 0 Å². The van der Waals surface area contributed by atoms with Crippen LogP contribution in [0.3, 0.4) is 0 Å². The van der Waals surface area contributed by atoms with Gasteiger partial charge in [0.2, 0.25) is 0 Å². The monoisotopic (exact) mass is 247 g/mol. The molecule has 0 spiro atoms. The average Bonchev–Trinajstić information content (AvgIpc) is 2.47. The third kappa shape index (κ3) is 2.69. The van der Waals surface area contributed by atoms with Crippen LogP contribution >= 0.6 is 27.3 Å². The van der Waals surface area contributed by atoms with Gasteiger partial charge in [0.25, 0.3) is 0 Å². The number of likely N-dealkylation sites (N-methyl/N-ethyl adjacent to an activating group) is 1. The number of hydrogen-bond donors (Lipinski definition) is 1. The predicted octanol–water partition coefficient (Wildman–Crippen LogP) is 1.84. The largest absolute Gasteiger partial charge is 0.310 e. The molecular formula is C8H10BrNOS. The summed E-state index contributed by atoms with van der Waals surface area (Å²) < 4.78 is 1.11. The Morgan fingerprint density at radius 2 is 2.50 bits per heavy atom. The highest BCUT2D eigenvalue weighted by atomic mass is 79.9. The van der Waals surface area contributed by atoms with E-state index in [1.807, 2.05) is 12.1 Å². The minimum atomic E-state index is -0.0597. The number of aldehydes is 1. The van der Waals surface area contributed by atoms with Gasteiger partial charge in [-0.15, -0.1) is 11.3 Å². The van der Waals surface area contributed by atoms with Gasteiger partial charge in [-0.25, -0.2) is 0 Å². The van der Waals surface area contributed by atoms with Crippen molar-refractivity contribution in [3.8, 4) is 0 Å². The van der Waals surface area contributed by atoms with Crippen LogP contribution in [0.4, 0.5) is 0 Å². The van der Waals surface area contributed by atoms with E-state index in [0.29, 0.717) is 0 Å². The normalized spacial score (nSPS) is 12.8. The lowest BCUT2D eigenvalue weighted by Crippen LogP contribution is -2.28. The Balaban J connectivity index is 2.56. The number of carbonyl (C=O) groups is 1. The zero-order chi connectivity index (χ0) is 8.97. The van der Waals surface area contributed by atoms with Crippen LogP contribution in [0.25, 0.3) is 0 Å². The number of carbonyl (C=O) groups excluding carboxylic acids is 1. The predicted molar refractivity (Wildman–Crippen MR) is 54.6 cm³/mol. The van der Waals surface area contributed by atoms with Gasteiger partial charge in [0.1, 0.15) is 6.29 Å². The average molecular weight is 248 g/mol.